The van der Waals surface area contributed by atoms with Crippen molar-refractivity contribution in [3.05, 3.63) is 65.5 Å². The van der Waals surface area contributed by atoms with Gasteiger partial charge in [-0.05, 0) is 60.7 Å². The summed E-state index contributed by atoms with van der Waals surface area (Å²) >= 11 is 14.4. The average Bonchev–Trinajstić information content (AvgIpc) is 3.34. The number of ether oxygens (including phenoxy) is 2. The lowest BCUT2D eigenvalue weighted by Crippen LogP contribution is -2.60. The van der Waals surface area contributed by atoms with Crippen molar-refractivity contribution >= 4 is 58.6 Å². The molecule has 6 unspecified atom stereocenters. The van der Waals surface area contributed by atoms with Crippen LogP contribution in [-0.2, 0) is 19.2 Å². The second kappa shape index (κ2) is 9.84. The summed E-state index contributed by atoms with van der Waals surface area (Å²) in [6.45, 7) is 0. The largest absolute Gasteiger partial charge is 0.502 e. The van der Waals surface area contributed by atoms with Crippen LogP contribution in [0.5, 0.6) is 17.2 Å². The number of carbonyl (C=O) groups is 4. The van der Waals surface area contributed by atoms with Gasteiger partial charge >= 0.3 is 0 Å². The molecule has 2 aliphatic heterocycles. The second-order valence-corrected chi connectivity index (χ2v) is 12.0. The number of alkyl halides is 2. The molecule has 12 heteroatoms. The quantitative estimate of drug-likeness (QED) is 0.297. The highest BCUT2D eigenvalue weighted by molar-refractivity contribution is 6.57. The third kappa shape index (κ3) is 3.81. The van der Waals surface area contributed by atoms with Gasteiger partial charge in [-0.25, -0.2) is 9.29 Å². The van der Waals surface area contributed by atoms with E-state index in [2.05, 4.69) is 5.32 Å². The first-order chi connectivity index (χ1) is 20.0. The Kier molecular flexibility index (Phi) is 6.62. The van der Waals surface area contributed by atoms with Crippen LogP contribution >= 0.6 is 23.2 Å². The number of imide groups is 2. The molecule has 3 fully saturated rings. The monoisotopic (exact) mass is 614 g/mol. The van der Waals surface area contributed by atoms with Crippen molar-refractivity contribution in [2.75, 3.05) is 19.1 Å². The Balaban J connectivity index is 1.51. The first-order valence-electron chi connectivity index (χ1n) is 13.2. The fourth-order valence-corrected chi connectivity index (χ4v) is 7.67. The maximum absolute atomic E-state index is 14.2. The van der Waals surface area contributed by atoms with Crippen molar-refractivity contribution < 1.29 is 38.1 Å². The number of rotatable bonds is 5. The summed E-state index contributed by atoms with van der Waals surface area (Å²) in [5.41, 5.74) is 1.22. The number of phenols is 1. The number of carbonyl (C=O) groups excluding carboxylic acids is 4. The number of methoxy groups -OCH3 is 2. The summed E-state index contributed by atoms with van der Waals surface area (Å²) in [6.07, 6.45) is 5.13. The van der Waals surface area contributed by atoms with Crippen LogP contribution in [0.25, 0.3) is 6.08 Å². The number of aromatic hydroxyl groups is 1. The van der Waals surface area contributed by atoms with Gasteiger partial charge in [0.2, 0.25) is 17.6 Å². The smallest absolute Gasteiger partial charge is 0.258 e. The number of hydrogen-bond acceptors (Lipinski definition) is 7. The highest BCUT2D eigenvalue weighted by Crippen LogP contribution is 2.63. The predicted molar refractivity (Wildman–Crippen MR) is 151 cm³/mol. The van der Waals surface area contributed by atoms with E-state index in [0.717, 1.165) is 17.0 Å². The lowest BCUT2D eigenvalue weighted by molar-refractivity contribution is -0.127. The molecule has 0 spiro atoms. The maximum atomic E-state index is 14.2. The number of halogens is 3. The van der Waals surface area contributed by atoms with Gasteiger partial charge in [-0.1, -0.05) is 23.8 Å². The Hall–Kier alpha value is -3.89. The van der Waals surface area contributed by atoms with Crippen molar-refractivity contribution in [1.82, 2.24) is 5.32 Å². The van der Waals surface area contributed by atoms with Gasteiger partial charge in [0.05, 0.1) is 31.7 Å². The van der Waals surface area contributed by atoms with Gasteiger partial charge in [0.1, 0.15) is 5.82 Å². The van der Waals surface area contributed by atoms with Gasteiger partial charge in [0.25, 0.3) is 11.8 Å². The van der Waals surface area contributed by atoms with Crippen LogP contribution in [0.15, 0.2) is 54.1 Å². The zero-order valence-electron chi connectivity index (χ0n) is 22.4. The van der Waals surface area contributed by atoms with E-state index >= 15 is 0 Å². The van der Waals surface area contributed by atoms with E-state index < -0.39 is 62.9 Å². The van der Waals surface area contributed by atoms with Crippen molar-refractivity contribution in [3.8, 4) is 17.2 Å². The van der Waals surface area contributed by atoms with E-state index in [1.165, 1.54) is 26.4 Å². The molecule has 2 aliphatic carbocycles. The first kappa shape index (κ1) is 28.2. The molecule has 1 saturated carbocycles. The van der Waals surface area contributed by atoms with Crippen molar-refractivity contribution in [2.24, 2.45) is 23.7 Å². The van der Waals surface area contributed by atoms with Gasteiger partial charge in [0.15, 0.2) is 21.2 Å². The van der Waals surface area contributed by atoms with Gasteiger partial charge in [-0.2, -0.15) is 0 Å². The van der Waals surface area contributed by atoms with E-state index in [-0.39, 0.29) is 35.8 Å². The molecular formula is C30H25Cl2FN2O7. The molecule has 2 N–H and O–H groups in total. The molecule has 6 atom stereocenters. The van der Waals surface area contributed by atoms with Crippen molar-refractivity contribution in [2.45, 2.75) is 22.6 Å². The maximum Gasteiger partial charge on any atom is 0.258 e. The molecule has 4 aliphatic rings. The van der Waals surface area contributed by atoms with Crippen LogP contribution in [0.3, 0.4) is 0 Å². The summed E-state index contributed by atoms with van der Waals surface area (Å²) in [5.74, 6) is -6.02. The SMILES string of the molecule is COc1cc(C=CC2C3=CCC4C(=O)NC(=O)C4C3CC3(Cl)C(=O)N(c4ccc(F)cc4)C(=O)C23Cl)cc(OC)c1O. The third-order valence-corrected chi connectivity index (χ3v) is 10.2. The van der Waals surface area contributed by atoms with Crippen molar-refractivity contribution in [3.63, 3.8) is 0 Å². The third-order valence-electron chi connectivity index (χ3n) is 8.78. The number of amides is 4. The fourth-order valence-electron chi connectivity index (χ4n) is 6.78. The number of nitrogens with one attached hydrogen (secondary N) is 1. The highest BCUT2D eigenvalue weighted by Gasteiger charge is 2.75. The molecule has 0 bridgehead atoms. The molecular weight excluding hydrogens is 590 g/mol. The van der Waals surface area contributed by atoms with Gasteiger partial charge in [0, 0.05) is 5.92 Å². The van der Waals surface area contributed by atoms with Crippen LogP contribution in [0.2, 0.25) is 0 Å². The fraction of sp³-hybridized carbons (Fsp3) is 0.333. The van der Waals surface area contributed by atoms with Crippen LogP contribution in [0.4, 0.5) is 10.1 Å². The van der Waals surface area contributed by atoms with E-state index in [1.807, 2.05) is 0 Å². The van der Waals surface area contributed by atoms with E-state index in [4.69, 9.17) is 32.7 Å². The zero-order chi connectivity index (χ0) is 30.1. The molecule has 42 heavy (non-hydrogen) atoms. The normalized spacial score (nSPS) is 31.9. The molecule has 0 radical (unpaired) electrons. The van der Waals surface area contributed by atoms with Crippen LogP contribution in [-0.4, -0.2) is 52.7 Å². The number of benzene rings is 2. The molecule has 4 amide bonds. The van der Waals surface area contributed by atoms with Crippen LogP contribution in [0.1, 0.15) is 18.4 Å². The first-order valence-corrected chi connectivity index (χ1v) is 13.9. The summed E-state index contributed by atoms with van der Waals surface area (Å²) in [7, 11) is 2.76. The zero-order valence-corrected chi connectivity index (χ0v) is 23.9. The highest BCUT2D eigenvalue weighted by atomic mass is 35.5. The second-order valence-electron chi connectivity index (χ2n) is 10.8. The van der Waals surface area contributed by atoms with E-state index in [1.54, 1.807) is 30.4 Å². The summed E-state index contributed by atoms with van der Waals surface area (Å²) in [4.78, 5) is 50.5. The molecule has 2 heterocycles. The standard InChI is InChI=1S/C30H25Cl2FN2O7/c1-41-21-11-14(12-22(42-2)24(21)36)3-10-20-17-8-9-18-23(26(38)34-25(18)37)19(17)13-29(31)27(39)35(28(40)30(20,29)32)16-6-4-15(33)5-7-16/h3-8,10-12,18-20,23,36H,9,13H2,1-2H3,(H,34,37,38). The van der Waals surface area contributed by atoms with E-state index in [9.17, 15) is 28.7 Å². The molecule has 2 aromatic rings. The number of allylic oxidation sites excluding steroid dienone is 3. The molecule has 2 aromatic carbocycles. The van der Waals surface area contributed by atoms with Crippen LogP contribution < -0.4 is 19.7 Å². The minimum atomic E-state index is -2.03. The lowest BCUT2D eigenvalue weighted by Gasteiger charge is -2.49. The van der Waals surface area contributed by atoms with E-state index in [0.29, 0.717) is 11.1 Å². The molecule has 9 nitrogen and oxygen atoms in total. The predicted octanol–water partition coefficient (Wildman–Crippen LogP) is 3.95. The molecule has 218 valence electrons. The molecule has 6 rings (SSSR count). The Morgan fingerprint density at radius 2 is 1.64 bits per heavy atom. The number of hydrogen-bond donors (Lipinski definition) is 2. The minimum Gasteiger partial charge on any atom is -0.502 e. The molecule has 0 aromatic heterocycles. The number of anilines is 1. The summed E-state index contributed by atoms with van der Waals surface area (Å²) in [6, 6.07) is 7.89. The Bertz CT molecular complexity index is 1580. The van der Waals surface area contributed by atoms with Gasteiger partial charge < -0.3 is 14.6 Å². The Morgan fingerprint density at radius 3 is 2.26 bits per heavy atom. The van der Waals surface area contributed by atoms with Crippen molar-refractivity contribution in [1.29, 1.82) is 0 Å². The average molecular weight is 615 g/mol. The molecule has 2 saturated heterocycles. The Morgan fingerprint density at radius 1 is 1.00 bits per heavy atom. The summed E-state index contributed by atoms with van der Waals surface area (Å²) in [5, 5.41) is 12.7. The number of fused-ring (bicyclic) bond motifs is 4. The van der Waals surface area contributed by atoms with Crippen LogP contribution in [0, 0.1) is 29.5 Å². The van der Waals surface area contributed by atoms with Gasteiger partial charge in [-0.3, -0.25) is 24.5 Å². The van der Waals surface area contributed by atoms with Gasteiger partial charge in [-0.15, -0.1) is 23.2 Å². The minimum absolute atomic E-state index is 0.0974. The number of nitrogens with zero attached hydrogens (tertiary/aromatic N) is 1. The lowest BCUT2D eigenvalue weighted by atomic mass is 9.57. The topological polar surface area (TPSA) is 122 Å². The summed E-state index contributed by atoms with van der Waals surface area (Å²) < 4.78 is 24.2. The number of phenolic OH excluding ortho intramolecular Hbond substituents is 1. The Labute approximate surface area is 249 Å².